The minimum Gasteiger partial charge on any atom is -0.497 e. The number of rotatable bonds is 7. The zero-order valence-corrected chi connectivity index (χ0v) is 19.2. The first-order valence-electron chi connectivity index (χ1n) is 10.6. The van der Waals surface area contributed by atoms with Gasteiger partial charge in [0, 0.05) is 19.7 Å². The molecule has 3 aromatic rings. The van der Waals surface area contributed by atoms with Gasteiger partial charge < -0.3 is 14.4 Å². The fourth-order valence-electron chi connectivity index (χ4n) is 3.98. The van der Waals surface area contributed by atoms with Gasteiger partial charge in [-0.05, 0) is 30.2 Å². The predicted molar refractivity (Wildman–Crippen MR) is 128 cm³/mol. The highest BCUT2D eigenvalue weighted by Gasteiger charge is 2.43. The maximum Gasteiger partial charge on any atom is 0.282 e. The van der Waals surface area contributed by atoms with Crippen LogP contribution in [0.5, 0.6) is 11.5 Å². The minimum absolute atomic E-state index is 0.345. The molecule has 1 aliphatic heterocycles. The van der Waals surface area contributed by atoms with Gasteiger partial charge in [0.25, 0.3) is 11.8 Å². The second-order valence-corrected chi connectivity index (χ2v) is 7.91. The summed E-state index contributed by atoms with van der Waals surface area (Å²) < 4.78 is 10.8. The number of carbonyl (C=O) groups is 2. The fourth-order valence-corrected chi connectivity index (χ4v) is 3.98. The third-order valence-corrected chi connectivity index (χ3v) is 5.67. The van der Waals surface area contributed by atoms with E-state index in [1.54, 1.807) is 18.2 Å². The van der Waals surface area contributed by atoms with Crippen LogP contribution in [0.25, 0.3) is 5.57 Å². The number of methoxy groups -OCH3 is 2. The highest BCUT2D eigenvalue weighted by atomic mass is 16.5. The van der Waals surface area contributed by atoms with Gasteiger partial charge in [0.2, 0.25) is 0 Å². The predicted octanol–water partition coefficient (Wildman–Crippen LogP) is 4.43. The Morgan fingerprint density at radius 2 is 1.55 bits per heavy atom. The Bertz CT molecular complexity index is 1220. The molecule has 168 valence electrons. The van der Waals surface area contributed by atoms with Gasteiger partial charge >= 0.3 is 0 Å². The smallest absolute Gasteiger partial charge is 0.282 e. The average molecular weight is 443 g/mol. The molecule has 0 saturated carbocycles. The summed E-state index contributed by atoms with van der Waals surface area (Å²) in [7, 11) is 4.87. The van der Waals surface area contributed by atoms with Gasteiger partial charge in [-0.15, -0.1) is 0 Å². The van der Waals surface area contributed by atoms with Crippen molar-refractivity contribution < 1.29 is 19.1 Å². The monoisotopic (exact) mass is 442 g/mol. The Morgan fingerprint density at radius 3 is 2.18 bits per heavy atom. The molecule has 1 aliphatic rings. The van der Waals surface area contributed by atoms with Crippen LogP contribution in [0.2, 0.25) is 0 Å². The largest absolute Gasteiger partial charge is 0.497 e. The Balaban J connectivity index is 1.83. The average Bonchev–Trinajstić information content (AvgIpc) is 3.09. The molecule has 33 heavy (non-hydrogen) atoms. The molecule has 2 amide bonds. The van der Waals surface area contributed by atoms with Crippen molar-refractivity contribution in [3.8, 4) is 11.5 Å². The second-order valence-electron chi connectivity index (χ2n) is 7.91. The van der Waals surface area contributed by atoms with E-state index in [4.69, 9.17) is 9.47 Å². The van der Waals surface area contributed by atoms with Crippen molar-refractivity contribution in [2.24, 2.45) is 0 Å². The summed E-state index contributed by atoms with van der Waals surface area (Å²) in [5.41, 5.74) is 3.86. The Kier molecular flexibility index (Phi) is 6.18. The Labute approximate surface area is 193 Å². The highest BCUT2D eigenvalue weighted by Crippen LogP contribution is 2.40. The van der Waals surface area contributed by atoms with Crippen LogP contribution in [0, 0.1) is 6.92 Å². The van der Waals surface area contributed by atoms with Crippen LogP contribution in [0.1, 0.15) is 16.7 Å². The van der Waals surface area contributed by atoms with Crippen LogP contribution in [-0.2, 0) is 16.1 Å². The molecule has 0 radical (unpaired) electrons. The number of nitrogens with zero attached hydrogens (tertiary/aromatic N) is 2. The van der Waals surface area contributed by atoms with Crippen LogP contribution < -0.4 is 14.4 Å². The summed E-state index contributed by atoms with van der Waals surface area (Å²) >= 11 is 0. The van der Waals surface area contributed by atoms with E-state index in [0.29, 0.717) is 40.6 Å². The minimum atomic E-state index is -0.402. The molecule has 0 bridgehead atoms. The third kappa shape index (κ3) is 4.20. The standard InChI is InChI=1S/C27H26N2O4/c1-18-10-12-20(13-11-18)24-25(28(2)17-19-8-6-5-7-9-19)27(31)29(26(24)30)22-16-21(32-3)14-15-23(22)33-4/h5-16H,17H2,1-4H3. The van der Waals surface area contributed by atoms with E-state index < -0.39 is 11.8 Å². The third-order valence-electron chi connectivity index (χ3n) is 5.67. The molecule has 1 heterocycles. The number of hydrogen-bond acceptors (Lipinski definition) is 5. The van der Waals surface area contributed by atoms with Gasteiger partial charge in [-0.3, -0.25) is 9.59 Å². The molecule has 0 aliphatic carbocycles. The first-order valence-corrected chi connectivity index (χ1v) is 10.6. The van der Waals surface area contributed by atoms with Gasteiger partial charge in [-0.25, -0.2) is 4.90 Å². The van der Waals surface area contributed by atoms with Crippen molar-refractivity contribution in [2.45, 2.75) is 13.5 Å². The molecule has 6 heteroatoms. The number of carbonyl (C=O) groups excluding carboxylic acids is 2. The zero-order valence-electron chi connectivity index (χ0n) is 19.2. The highest BCUT2D eigenvalue weighted by molar-refractivity contribution is 6.45. The van der Waals surface area contributed by atoms with E-state index in [-0.39, 0.29) is 0 Å². The molecule has 0 saturated heterocycles. The lowest BCUT2D eigenvalue weighted by Gasteiger charge is -2.22. The van der Waals surface area contributed by atoms with Crippen LogP contribution in [0.4, 0.5) is 5.69 Å². The number of anilines is 1. The summed E-state index contributed by atoms with van der Waals surface area (Å²) in [6, 6.07) is 22.5. The van der Waals surface area contributed by atoms with E-state index in [9.17, 15) is 9.59 Å². The van der Waals surface area contributed by atoms with Gasteiger partial charge in [0.05, 0.1) is 25.5 Å². The molecule has 0 aromatic heterocycles. The quantitative estimate of drug-likeness (QED) is 0.507. The molecule has 0 unspecified atom stereocenters. The normalized spacial score (nSPS) is 13.5. The fraction of sp³-hybridized carbons (Fsp3) is 0.185. The van der Waals surface area contributed by atoms with E-state index in [1.807, 2.05) is 73.5 Å². The van der Waals surface area contributed by atoms with E-state index in [2.05, 4.69) is 0 Å². The maximum absolute atomic E-state index is 13.8. The van der Waals surface area contributed by atoms with E-state index in [0.717, 1.165) is 11.1 Å². The number of aryl methyl sites for hydroxylation is 1. The summed E-state index contributed by atoms with van der Waals surface area (Å²) in [6.45, 7) is 2.46. The van der Waals surface area contributed by atoms with Crippen molar-refractivity contribution in [2.75, 3.05) is 26.2 Å². The lowest BCUT2D eigenvalue weighted by molar-refractivity contribution is -0.120. The van der Waals surface area contributed by atoms with Crippen LogP contribution >= 0.6 is 0 Å². The summed E-state index contributed by atoms with van der Waals surface area (Å²) in [6.07, 6.45) is 0. The van der Waals surface area contributed by atoms with Gasteiger partial charge in [-0.1, -0.05) is 60.2 Å². The first-order chi connectivity index (χ1) is 15.9. The molecule has 3 aromatic carbocycles. The molecule has 0 atom stereocenters. The van der Waals surface area contributed by atoms with Crippen LogP contribution in [0.3, 0.4) is 0 Å². The molecule has 0 spiro atoms. The van der Waals surface area contributed by atoms with E-state index in [1.165, 1.54) is 19.1 Å². The van der Waals surface area contributed by atoms with Crippen molar-refractivity contribution in [3.63, 3.8) is 0 Å². The van der Waals surface area contributed by atoms with Crippen LogP contribution in [-0.4, -0.2) is 38.0 Å². The molecule has 0 N–H and O–H groups in total. The lowest BCUT2D eigenvalue weighted by atomic mass is 10.0. The summed E-state index contributed by atoms with van der Waals surface area (Å²) in [5.74, 6) is 0.132. The lowest BCUT2D eigenvalue weighted by Crippen LogP contribution is -2.34. The van der Waals surface area contributed by atoms with Gasteiger partial charge in [-0.2, -0.15) is 0 Å². The van der Waals surface area contributed by atoms with Gasteiger partial charge in [0.1, 0.15) is 17.2 Å². The first kappa shape index (κ1) is 22.1. The molecular weight excluding hydrogens is 416 g/mol. The van der Waals surface area contributed by atoms with Crippen molar-refractivity contribution in [1.82, 2.24) is 4.90 Å². The number of benzene rings is 3. The second kappa shape index (κ2) is 9.20. The number of likely N-dealkylation sites (N-methyl/N-ethyl adjacent to an activating group) is 1. The SMILES string of the molecule is COc1ccc(OC)c(N2C(=O)C(c3ccc(C)cc3)=C(N(C)Cc3ccccc3)C2=O)c1. The Morgan fingerprint density at radius 1 is 0.848 bits per heavy atom. The topological polar surface area (TPSA) is 59.1 Å². The molecule has 0 fully saturated rings. The van der Waals surface area contributed by atoms with E-state index >= 15 is 0 Å². The number of amides is 2. The molecule has 4 rings (SSSR count). The van der Waals surface area contributed by atoms with Crippen molar-refractivity contribution in [1.29, 1.82) is 0 Å². The maximum atomic E-state index is 13.8. The number of hydrogen-bond donors (Lipinski definition) is 0. The molecule has 6 nitrogen and oxygen atoms in total. The number of ether oxygens (including phenoxy) is 2. The number of imide groups is 1. The molecular formula is C27H26N2O4. The van der Waals surface area contributed by atoms with Crippen molar-refractivity contribution >= 4 is 23.1 Å². The summed E-state index contributed by atoms with van der Waals surface area (Å²) in [5, 5.41) is 0. The van der Waals surface area contributed by atoms with Crippen LogP contribution in [0.15, 0.2) is 78.5 Å². The Hall–Kier alpha value is -4.06. The summed E-state index contributed by atoms with van der Waals surface area (Å²) in [4.78, 5) is 30.5. The van der Waals surface area contributed by atoms with Crippen molar-refractivity contribution in [3.05, 3.63) is 95.2 Å². The zero-order chi connectivity index (χ0) is 23.5. The van der Waals surface area contributed by atoms with Gasteiger partial charge in [0.15, 0.2) is 0 Å².